The number of alkyl halides is 2. The van der Waals surface area contributed by atoms with Gasteiger partial charge in [0, 0.05) is 23.8 Å². The maximum atomic E-state index is 14.7. The average molecular weight is 392 g/mol. The van der Waals surface area contributed by atoms with Crippen LogP contribution in [0.5, 0.6) is 5.75 Å². The molecule has 0 atom stereocenters. The number of carbonyl (C=O) groups excluding carboxylic acids is 3. The summed E-state index contributed by atoms with van der Waals surface area (Å²) in [5.41, 5.74) is 0.141. The lowest BCUT2D eigenvalue weighted by Crippen LogP contribution is -2.51. The van der Waals surface area contributed by atoms with Crippen molar-refractivity contribution in [2.45, 2.75) is 31.8 Å². The van der Waals surface area contributed by atoms with E-state index in [1.165, 1.54) is 6.08 Å². The maximum Gasteiger partial charge on any atom is 0.482 e. The van der Waals surface area contributed by atoms with Crippen LogP contribution in [0.25, 0.3) is 0 Å². The summed E-state index contributed by atoms with van der Waals surface area (Å²) in [5, 5.41) is 0. The quantitative estimate of drug-likeness (QED) is 0.586. The van der Waals surface area contributed by atoms with Crippen LogP contribution in [0.3, 0.4) is 0 Å². The zero-order valence-electron chi connectivity index (χ0n) is 14.6. The van der Waals surface area contributed by atoms with Crippen LogP contribution in [-0.2, 0) is 14.4 Å². The molecule has 9 heteroatoms. The molecule has 6 nitrogen and oxygen atoms in total. The van der Waals surface area contributed by atoms with Crippen molar-refractivity contribution in [2.75, 3.05) is 16.3 Å². The van der Waals surface area contributed by atoms with Gasteiger partial charge in [-0.15, -0.1) is 6.58 Å². The summed E-state index contributed by atoms with van der Waals surface area (Å²) in [4.78, 5) is 38.7. The molecule has 0 N–H and O–H groups in total. The molecule has 28 heavy (non-hydrogen) atoms. The molecule has 1 aromatic rings. The van der Waals surface area contributed by atoms with E-state index in [4.69, 9.17) is 0 Å². The second-order valence-electron chi connectivity index (χ2n) is 6.70. The fourth-order valence-electron chi connectivity index (χ4n) is 3.71. The minimum atomic E-state index is -4.16. The summed E-state index contributed by atoms with van der Waals surface area (Å²) < 4.78 is 46.7. The van der Waals surface area contributed by atoms with E-state index in [1.54, 1.807) is 0 Å². The molecule has 146 valence electrons. The molecule has 0 spiro atoms. The first-order chi connectivity index (χ1) is 13.3. The summed E-state index contributed by atoms with van der Waals surface area (Å²) in [6, 6.07) is 1.66. The molecule has 1 aromatic carbocycles. The number of rotatable bonds is 3. The number of amides is 3. The maximum absolute atomic E-state index is 14.7. The molecule has 2 heterocycles. The van der Waals surface area contributed by atoms with E-state index in [0.29, 0.717) is 39.9 Å². The van der Waals surface area contributed by atoms with Crippen LogP contribution < -0.4 is 14.5 Å². The van der Waals surface area contributed by atoms with Gasteiger partial charge in [0.15, 0.2) is 11.6 Å². The Bertz CT molecular complexity index is 942. The van der Waals surface area contributed by atoms with Crippen molar-refractivity contribution in [3.63, 3.8) is 0 Å². The molecule has 0 radical (unpaired) electrons. The van der Waals surface area contributed by atoms with Crippen molar-refractivity contribution < 1.29 is 32.3 Å². The fraction of sp³-hybridized carbons (Fsp3) is 0.316. The van der Waals surface area contributed by atoms with Gasteiger partial charge in [0.25, 0.3) is 11.8 Å². The third-order valence-corrected chi connectivity index (χ3v) is 4.99. The van der Waals surface area contributed by atoms with E-state index in [-0.39, 0.29) is 12.2 Å². The molecule has 0 saturated heterocycles. The standard InChI is InChI=1S/C19H15F3N2O4/c1-2-7-23-14-9-13(12(20)8-15(14)28-19(21,22)18(23)27)24-16(25)10-5-3-4-6-11(10)17(24)26/h2,8-9H,1,3-7H2. The van der Waals surface area contributed by atoms with Crippen LogP contribution in [0.4, 0.5) is 24.5 Å². The van der Waals surface area contributed by atoms with Crippen LogP contribution >= 0.6 is 0 Å². The van der Waals surface area contributed by atoms with Gasteiger partial charge >= 0.3 is 12.0 Å². The van der Waals surface area contributed by atoms with E-state index in [2.05, 4.69) is 11.3 Å². The lowest BCUT2D eigenvalue weighted by molar-refractivity contribution is -0.192. The largest absolute Gasteiger partial charge is 0.482 e. The van der Waals surface area contributed by atoms with Gasteiger partial charge in [0.1, 0.15) is 0 Å². The SMILES string of the molecule is C=CCN1C(=O)C(F)(F)Oc2cc(F)c(N3C(=O)C4=C(CCCC4)C3=O)cc21. The van der Waals surface area contributed by atoms with Crippen LogP contribution in [0.15, 0.2) is 35.9 Å². The highest BCUT2D eigenvalue weighted by molar-refractivity contribution is 6.33. The van der Waals surface area contributed by atoms with Crippen molar-refractivity contribution in [1.82, 2.24) is 0 Å². The predicted octanol–water partition coefficient (Wildman–Crippen LogP) is 3.07. The molecule has 1 aliphatic carbocycles. The fourth-order valence-corrected chi connectivity index (χ4v) is 3.71. The first-order valence-electron chi connectivity index (χ1n) is 8.70. The number of anilines is 2. The number of hydrogen-bond donors (Lipinski definition) is 0. The number of fused-ring (bicyclic) bond motifs is 1. The number of benzene rings is 1. The molecular formula is C19H15F3N2O4. The van der Waals surface area contributed by atoms with E-state index in [0.717, 1.165) is 18.9 Å². The van der Waals surface area contributed by atoms with E-state index >= 15 is 0 Å². The molecule has 0 bridgehead atoms. The Morgan fingerprint density at radius 2 is 1.68 bits per heavy atom. The topological polar surface area (TPSA) is 66.9 Å². The monoisotopic (exact) mass is 392 g/mol. The van der Waals surface area contributed by atoms with Crippen molar-refractivity contribution >= 4 is 29.1 Å². The second kappa shape index (κ2) is 6.22. The van der Waals surface area contributed by atoms with Crippen LogP contribution in [-0.4, -0.2) is 30.4 Å². The third kappa shape index (κ3) is 2.53. The van der Waals surface area contributed by atoms with Gasteiger partial charge in [0.2, 0.25) is 0 Å². The third-order valence-electron chi connectivity index (χ3n) is 4.99. The van der Waals surface area contributed by atoms with Gasteiger partial charge in [-0.2, -0.15) is 8.78 Å². The summed E-state index contributed by atoms with van der Waals surface area (Å²) in [7, 11) is 0. The predicted molar refractivity (Wildman–Crippen MR) is 92.5 cm³/mol. The molecule has 3 amide bonds. The molecular weight excluding hydrogens is 377 g/mol. The number of ether oxygens (including phenoxy) is 1. The highest BCUT2D eigenvalue weighted by Crippen LogP contribution is 2.44. The van der Waals surface area contributed by atoms with Crippen LogP contribution in [0.1, 0.15) is 25.7 Å². The minimum Gasteiger partial charge on any atom is -0.423 e. The Kier molecular flexibility index (Phi) is 4.06. The summed E-state index contributed by atoms with van der Waals surface area (Å²) in [6.07, 6.45) is -0.576. The van der Waals surface area contributed by atoms with Crippen molar-refractivity contribution in [1.29, 1.82) is 0 Å². The number of nitrogens with zero attached hydrogens (tertiary/aromatic N) is 2. The molecule has 2 aliphatic heterocycles. The highest BCUT2D eigenvalue weighted by Gasteiger charge is 2.51. The van der Waals surface area contributed by atoms with Crippen molar-refractivity contribution in [3.8, 4) is 5.75 Å². The molecule has 0 unspecified atom stereocenters. The zero-order chi connectivity index (χ0) is 20.2. The number of halogens is 3. The first kappa shape index (κ1) is 18.3. The van der Waals surface area contributed by atoms with Crippen molar-refractivity contribution in [3.05, 3.63) is 41.8 Å². The van der Waals surface area contributed by atoms with Gasteiger partial charge in [-0.1, -0.05) is 6.08 Å². The Hall–Kier alpha value is -3.10. The van der Waals surface area contributed by atoms with Gasteiger partial charge < -0.3 is 4.74 Å². The number of carbonyl (C=O) groups is 3. The first-order valence-corrected chi connectivity index (χ1v) is 8.70. The average Bonchev–Trinajstić information content (AvgIpc) is 2.90. The zero-order valence-corrected chi connectivity index (χ0v) is 14.6. The Labute approximate surface area is 157 Å². The van der Waals surface area contributed by atoms with Crippen LogP contribution in [0.2, 0.25) is 0 Å². The van der Waals surface area contributed by atoms with E-state index in [9.17, 15) is 27.6 Å². The smallest absolute Gasteiger partial charge is 0.423 e. The molecule has 3 aliphatic rings. The second-order valence-corrected chi connectivity index (χ2v) is 6.70. The summed E-state index contributed by atoms with van der Waals surface area (Å²) >= 11 is 0. The Morgan fingerprint density at radius 1 is 1.07 bits per heavy atom. The summed E-state index contributed by atoms with van der Waals surface area (Å²) in [5.74, 6) is -4.54. The lowest BCUT2D eigenvalue weighted by atomic mass is 9.93. The molecule has 4 rings (SSSR count). The van der Waals surface area contributed by atoms with E-state index < -0.39 is 41.1 Å². The molecule has 0 aromatic heterocycles. The van der Waals surface area contributed by atoms with Gasteiger partial charge in [0.05, 0.1) is 11.4 Å². The van der Waals surface area contributed by atoms with Crippen molar-refractivity contribution in [2.24, 2.45) is 0 Å². The van der Waals surface area contributed by atoms with Gasteiger partial charge in [-0.3, -0.25) is 19.3 Å². The Morgan fingerprint density at radius 3 is 2.25 bits per heavy atom. The van der Waals surface area contributed by atoms with Crippen LogP contribution in [0, 0.1) is 5.82 Å². The lowest BCUT2D eigenvalue weighted by Gasteiger charge is -2.33. The Balaban J connectivity index is 1.81. The minimum absolute atomic E-state index is 0.169. The summed E-state index contributed by atoms with van der Waals surface area (Å²) in [6.45, 7) is 3.14. The molecule has 0 saturated carbocycles. The van der Waals surface area contributed by atoms with E-state index in [1.807, 2.05) is 0 Å². The number of imide groups is 1. The van der Waals surface area contributed by atoms with Gasteiger partial charge in [-0.05, 0) is 31.7 Å². The normalized spacial score (nSPS) is 20.9. The van der Waals surface area contributed by atoms with Gasteiger partial charge in [-0.25, -0.2) is 9.29 Å². The molecule has 0 fully saturated rings. The number of hydrogen-bond acceptors (Lipinski definition) is 4. The highest BCUT2D eigenvalue weighted by atomic mass is 19.3.